The molecule has 1 heterocycles. The standard InChI is InChI=1S/C26H26N2O5/c1-17-5-9-19(10-6-17)28-24(29)16-27(22-14-13-21(32-3)15-23(22)33-4)26(30)25(28)18-7-11-20(31-2)12-8-18/h5-15,25H,16H2,1-4H3/t25-/m1/s1. The second kappa shape index (κ2) is 9.24. The van der Waals surface area contributed by atoms with Gasteiger partial charge in [0.15, 0.2) is 0 Å². The van der Waals surface area contributed by atoms with Crippen LogP contribution in [0.15, 0.2) is 66.7 Å². The van der Waals surface area contributed by atoms with Gasteiger partial charge in [-0.2, -0.15) is 0 Å². The van der Waals surface area contributed by atoms with Crippen molar-refractivity contribution in [1.29, 1.82) is 0 Å². The molecule has 0 aliphatic carbocycles. The summed E-state index contributed by atoms with van der Waals surface area (Å²) >= 11 is 0. The molecule has 7 heteroatoms. The molecule has 1 fully saturated rings. The van der Waals surface area contributed by atoms with E-state index < -0.39 is 6.04 Å². The maximum atomic E-state index is 13.9. The number of carbonyl (C=O) groups is 2. The van der Waals surface area contributed by atoms with Gasteiger partial charge in [0.05, 0.1) is 27.0 Å². The number of rotatable bonds is 6. The molecule has 1 atom stereocenters. The second-order valence-corrected chi connectivity index (χ2v) is 7.74. The van der Waals surface area contributed by atoms with E-state index in [9.17, 15) is 9.59 Å². The molecule has 1 aliphatic rings. The van der Waals surface area contributed by atoms with Crippen LogP contribution in [-0.4, -0.2) is 39.7 Å². The Bertz CT molecular complexity index is 1160. The Morgan fingerprint density at radius 2 is 1.42 bits per heavy atom. The molecule has 3 aromatic rings. The SMILES string of the molecule is COc1ccc([C@@H]2C(=O)N(c3ccc(OC)cc3OC)CC(=O)N2c2ccc(C)cc2)cc1. The molecule has 1 aliphatic heterocycles. The van der Waals surface area contributed by atoms with Gasteiger partial charge < -0.3 is 14.2 Å². The summed E-state index contributed by atoms with van der Waals surface area (Å²) in [6, 6.07) is 19.1. The van der Waals surface area contributed by atoms with Crippen LogP contribution in [0.4, 0.5) is 11.4 Å². The molecule has 0 spiro atoms. The maximum absolute atomic E-state index is 13.9. The lowest BCUT2D eigenvalue weighted by atomic mass is 9.99. The van der Waals surface area contributed by atoms with E-state index in [0.29, 0.717) is 34.2 Å². The van der Waals surface area contributed by atoms with Gasteiger partial charge in [0.25, 0.3) is 5.91 Å². The lowest BCUT2D eigenvalue weighted by molar-refractivity contribution is -0.128. The highest BCUT2D eigenvalue weighted by molar-refractivity contribution is 6.15. The Labute approximate surface area is 193 Å². The van der Waals surface area contributed by atoms with Crippen LogP contribution in [0.25, 0.3) is 0 Å². The van der Waals surface area contributed by atoms with Crippen molar-refractivity contribution in [2.45, 2.75) is 13.0 Å². The second-order valence-electron chi connectivity index (χ2n) is 7.74. The van der Waals surface area contributed by atoms with E-state index in [0.717, 1.165) is 5.56 Å². The molecule has 7 nitrogen and oxygen atoms in total. The smallest absolute Gasteiger partial charge is 0.255 e. The van der Waals surface area contributed by atoms with Gasteiger partial charge in [0.1, 0.15) is 29.8 Å². The fraction of sp³-hybridized carbons (Fsp3) is 0.231. The molecule has 2 amide bonds. The molecular formula is C26H26N2O5. The van der Waals surface area contributed by atoms with Crippen molar-refractivity contribution >= 4 is 23.2 Å². The first-order valence-electron chi connectivity index (χ1n) is 10.5. The van der Waals surface area contributed by atoms with Crippen molar-refractivity contribution in [1.82, 2.24) is 0 Å². The summed E-state index contributed by atoms with van der Waals surface area (Å²) in [7, 11) is 4.66. The highest BCUT2D eigenvalue weighted by atomic mass is 16.5. The predicted octanol–water partition coefficient (Wildman–Crippen LogP) is 4.14. The molecule has 4 rings (SSSR count). The summed E-state index contributed by atoms with van der Waals surface area (Å²) in [6.07, 6.45) is 0. The number of aryl methyl sites for hydroxylation is 1. The van der Waals surface area contributed by atoms with E-state index in [4.69, 9.17) is 14.2 Å². The van der Waals surface area contributed by atoms with E-state index in [1.165, 1.54) is 12.0 Å². The third-order valence-corrected chi connectivity index (χ3v) is 5.74. The largest absolute Gasteiger partial charge is 0.497 e. The van der Waals surface area contributed by atoms with Crippen molar-refractivity contribution in [3.63, 3.8) is 0 Å². The van der Waals surface area contributed by atoms with E-state index in [1.54, 1.807) is 49.5 Å². The van der Waals surface area contributed by atoms with Crippen LogP contribution < -0.4 is 24.0 Å². The van der Waals surface area contributed by atoms with Crippen LogP contribution in [-0.2, 0) is 9.59 Å². The van der Waals surface area contributed by atoms with Crippen molar-refractivity contribution < 1.29 is 23.8 Å². The van der Waals surface area contributed by atoms with Crippen molar-refractivity contribution in [3.05, 3.63) is 77.9 Å². The van der Waals surface area contributed by atoms with Gasteiger partial charge in [-0.05, 0) is 48.9 Å². The zero-order chi connectivity index (χ0) is 23.5. The molecule has 3 aromatic carbocycles. The average molecular weight is 447 g/mol. The predicted molar refractivity (Wildman–Crippen MR) is 126 cm³/mol. The van der Waals surface area contributed by atoms with Crippen molar-refractivity contribution in [2.24, 2.45) is 0 Å². The molecule has 0 unspecified atom stereocenters. The van der Waals surface area contributed by atoms with E-state index in [2.05, 4.69) is 0 Å². The number of methoxy groups -OCH3 is 3. The van der Waals surface area contributed by atoms with Gasteiger partial charge in [-0.15, -0.1) is 0 Å². The number of nitrogens with zero attached hydrogens (tertiary/aromatic N) is 2. The van der Waals surface area contributed by atoms with E-state index in [1.807, 2.05) is 43.3 Å². The summed E-state index contributed by atoms with van der Waals surface area (Å²) in [5, 5.41) is 0. The zero-order valence-corrected chi connectivity index (χ0v) is 19.1. The molecular weight excluding hydrogens is 420 g/mol. The van der Waals surface area contributed by atoms with Crippen LogP contribution in [0.2, 0.25) is 0 Å². The number of amides is 2. The number of hydrogen-bond acceptors (Lipinski definition) is 5. The number of piperazine rings is 1. The molecule has 0 radical (unpaired) electrons. The topological polar surface area (TPSA) is 68.3 Å². The average Bonchev–Trinajstić information content (AvgIpc) is 2.85. The number of hydrogen-bond donors (Lipinski definition) is 0. The molecule has 0 bridgehead atoms. The summed E-state index contributed by atoms with van der Waals surface area (Å²) in [6.45, 7) is 1.87. The first kappa shape index (κ1) is 22.2. The normalized spacial score (nSPS) is 16.1. The van der Waals surface area contributed by atoms with Gasteiger partial charge in [-0.25, -0.2) is 0 Å². The number of ether oxygens (including phenoxy) is 3. The molecule has 1 saturated heterocycles. The van der Waals surface area contributed by atoms with Crippen molar-refractivity contribution in [2.75, 3.05) is 37.7 Å². The molecule has 0 saturated carbocycles. The van der Waals surface area contributed by atoms with Crippen LogP contribution in [0.3, 0.4) is 0 Å². The van der Waals surface area contributed by atoms with Crippen LogP contribution in [0.5, 0.6) is 17.2 Å². The summed E-state index contributed by atoms with van der Waals surface area (Å²) in [5.74, 6) is 1.29. The zero-order valence-electron chi connectivity index (χ0n) is 19.1. The van der Waals surface area contributed by atoms with Crippen LogP contribution in [0.1, 0.15) is 17.2 Å². The molecule has 0 N–H and O–H groups in total. The van der Waals surface area contributed by atoms with Gasteiger partial charge in [-0.1, -0.05) is 29.8 Å². The van der Waals surface area contributed by atoms with E-state index >= 15 is 0 Å². The fourth-order valence-electron chi connectivity index (χ4n) is 3.98. The van der Waals surface area contributed by atoms with Gasteiger partial charge in [0, 0.05) is 11.8 Å². The molecule has 33 heavy (non-hydrogen) atoms. The van der Waals surface area contributed by atoms with Gasteiger partial charge in [0.2, 0.25) is 5.91 Å². The number of anilines is 2. The maximum Gasteiger partial charge on any atom is 0.255 e. The highest BCUT2D eigenvalue weighted by Crippen LogP contribution is 2.39. The first-order chi connectivity index (χ1) is 16.0. The van der Waals surface area contributed by atoms with Gasteiger partial charge >= 0.3 is 0 Å². The Morgan fingerprint density at radius 3 is 2.03 bits per heavy atom. The molecule has 170 valence electrons. The minimum absolute atomic E-state index is 0.109. The Balaban J connectivity index is 1.81. The number of carbonyl (C=O) groups excluding carboxylic acids is 2. The summed E-state index contributed by atoms with van der Waals surface area (Å²) < 4.78 is 16.0. The molecule has 0 aromatic heterocycles. The minimum atomic E-state index is -0.841. The first-order valence-corrected chi connectivity index (χ1v) is 10.5. The van der Waals surface area contributed by atoms with Crippen LogP contribution >= 0.6 is 0 Å². The minimum Gasteiger partial charge on any atom is -0.497 e. The fourth-order valence-corrected chi connectivity index (χ4v) is 3.98. The Kier molecular flexibility index (Phi) is 6.22. The highest BCUT2D eigenvalue weighted by Gasteiger charge is 2.42. The quantitative estimate of drug-likeness (QED) is 0.569. The monoisotopic (exact) mass is 446 g/mol. The van der Waals surface area contributed by atoms with Gasteiger partial charge in [-0.3, -0.25) is 19.4 Å². The van der Waals surface area contributed by atoms with E-state index in [-0.39, 0.29) is 18.4 Å². The lowest BCUT2D eigenvalue weighted by Gasteiger charge is -2.40. The third kappa shape index (κ3) is 4.22. The van der Waals surface area contributed by atoms with Crippen molar-refractivity contribution in [3.8, 4) is 17.2 Å². The van der Waals surface area contributed by atoms with Crippen LogP contribution in [0, 0.1) is 6.92 Å². The third-order valence-electron chi connectivity index (χ3n) is 5.74. The summed E-state index contributed by atoms with van der Waals surface area (Å²) in [5.41, 5.74) is 2.94. The lowest BCUT2D eigenvalue weighted by Crippen LogP contribution is -2.56. The summed E-state index contributed by atoms with van der Waals surface area (Å²) in [4.78, 5) is 30.4. The Morgan fingerprint density at radius 1 is 0.788 bits per heavy atom. The number of benzene rings is 3. The Hall–Kier alpha value is -4.00.